The number of primary amides is 1. The molecule has 4 heteroatoms. The third kappa shape index (κ3) is 5.83. The van der Waals surface area contributed by atoms with Crippen molar-refractivity contribution < 1.29 is 4.79 Å². The van der Waals surface area contributed by atoms with Crippen LogP contribution in [-0.2, 0) is 23.1 Å². The number of hydrogen-bond donors (Lipinski definition) is 2. The monoisotopic (exact) mass is 469 g/mol. The Balaban J connectivity index is 1.44. The SMILES string of the molecule is CC(C)NCCc1ccc(CCN2CC[C@@H](C(C(N)=O)(c3ccccc3)c3ccccc3)C2)cc1. The van der Waals surface area contributed by atoms with Crippen LogP contribution in [0.15, 0.2) is 84.9 Å². The summed E-state index contributed by atoms with van der Waals surface area (Å²) >= 11 is 0. The molecule has 4 rings (SSSR count). The van der Waals surface area contributed by atoms with Gasteiger partial charge in [0.15, 0.2) is 0 Å². The zero-order chi connectivity index (χ0) is 24.7. The first-order valence-corrected chi connectivity index (χ1v) is 12.9. The Morgan fingerprint density at radius 1 is 0.914 bits per heavy atom. The summed E-state index contributed by atoms with van der Waals surface area (Å²) in [6.07, 6.45) is 3.02. The summed E-state index contributed by atoms with van der Waals surface area (Å²) in [6.45, 7) is 8.21. The van der Waals surface area contributed by atoms with Crippen molar-refractivity contribution in [3.05, 3.63) is 107 Å². The van der Waals surface area contributed by atoms with Crippen molar-refractivity contribution in [1.82, 2.24) is 10.2 Å². The summed E-state index contributed by atoms with van der Waals surface area (Å²) in [5, 5.41) is 3.48. The molecule has 0 radical (unpaired) electrons. The standard InChI is InChI=1S/C31H39N3O/c1-24(2)33-20-17-25-13-15-26(16-14-25)18-21-34-22-19-29(23-34)31(30(32)35,27-9-5-3-6-10-27)28-11-7-4-8-12-28/h3-16,24,29,33H,17-23H2,1-2H3,(H2,32,35)/t29-/m1/s1. The van der Waals surface area contributed by atoms with Gasteiger partial charge in [-0.05, 0) is 60.5 Å². The number of rotatable bonds is 11. The molecule has 1 atom stereocenters. The number of nitrogens with zero attached hydrogens (tertiary/aromatic N) is 1. The van der Waals surface area contributed by atoms with Gasteiger partial charge in [-0.3, -0.25) is 4.79 Å². The number of benzene rings is 3. The maximum Gasteiger partial charge on any atom is 0.232 e. The van der Waals surface area contributed by atoms with Crippen molar-refractivity contribution >= 4 is 5.91 Å². The van der Waals surface area contributed by atoms with E-state index >= 15 is 0 Å². The summed E-state index contributed by atoms with van der Waals surface area (Å²) < 4.78 is 0. The molecule has 1 aliphatic rings. The molecule has 0 unspecified atom stereocenters. The Morgan fingerprint density at radius 3 is 1.97 bits per heavy atom. The first-order chi connectivity index (χ1) is 17.0. The van der Waals surface area contributed by atoms with Crippen LogP contribution < -0.4 is 11.1 Å². The molecule has 1 fully saturated rings. The zero-order valence-electron chi connectivity index (χ0n) is 21.1. The van der Waals surface area contributed by atoms with Crippen LogP contribution >= 0.6 is 0 Å². The zero-order valence-corrected chi connectivity index (χ0v) is 21.1. The lowest BCUT2D eigenvalue weighted by Gasteiger charge is -2.37. The molecule has 3 aromatic rings. The lowest BCUT2D eigenvalue weighted by Crippen LogP contribution is -2.49. The molecule has 0 spiro atoms. The number of likely N-dealkylation sites (tertiary alicyclic amines) is 1. The summed E-state index contributed by atoms with van der Waals surface area (Å²) in [7, 11) is 0. The summed E-state index contributed by atoms with van der Waals surface area (Å²) in [5.41, 5.74) is 10.1. The van der Waals surface area contributed by atoms with E-state index in [1.807, 2.05) is 36.4 Å². The van der Waals surface area contributed by atoms with Gasteiger partial charge in [-0.25, -0.2) is 0 Å². The number of carbonyl (C=O) groups excluding carboxylic acids is 1. The summed E-state index contributed by atoms with van der Waals surface area (Å²) in [6, 6.07) is 29.8. The second-order valence-corrected chi connectivity index (χ2v) is 10.1. The first-order valence-electron chi connectivity index (χ1n) is 12.9. The van der Waals surface area contributed by atoms with E-state index in [-0.39, 0.29) is 11.8 Å². The van der Waals surface area contributed by atoms with Crippen molar-refractivity contribution in [3.63, 3.8) is 0 Å². The van der Waals surface area contributed by atoms with Crippen molar-refractivity contribution in [2.45, 2.75) is 44.6 Å². The number of hydrogen-bond acceptors (Lipinski definition) is 3. The van der Waals surface area contributed by atoms with Gasteiger partial charge in [-0.15, -0.1) is 0 Å². The van der Waals surface area contributed by atoms with Gasteiger partial charge in [-0.1, -0.05) is 98.8 Å². The van der Waals surface area contributed by atoms with E-state index in [4.69, 9.17) is 5.73 Å². The largest absolute Gasteiger partial charge is 0.369 e. The van der Waals surface area contributed by atoms with Crippen LogP contribution in [0.25, 0.3) is 0 Å². The second-order valence-electron chi connectivity index (χ2n) is 10.1. The van der Waals surface area contributed by atoms with E-state index in [1.54, 1.807) is 0 Å². The molecule has 1 aliphatic heterocycles. The fraction of sp³-hybridized carbons (Fsp3) is 0.387. The number of carbonyl (C=O) groups is 1. The smallest absolute Gasteiger partial charge is 0.232 e. The predicted octanol–water partition coefficient (Wildman–Crippen LogP) is 4.56. The Morgan fingerprint density at radius 2 is 1.46 bits per heavy atom. The molecule has 0 saturated carbocycles. The van der Waals surface area contributed by atoms with Gasteiger partial charge >= 0.3 is 0 Å². The Hall–Kier alpha value is -2.95. The summed E-state index contributed by atoms with van der Waals surface area (Å²) in [4.78, 5) is 15.7. The number of nitrogens with two attached hydrogens (primary N) is 1. The van der Waals surface area contributed by atoms with Gasteiger partial charge in [0.2, 0.25) is 5.91 Å². The topological polar surface area (TPSA) is 58.4 Å². The van der Waals surface area contributed by atoms with Crippen LogP contribution in [0, 0.1) is 5.92 Å². The minimum atomic E-state index is -0.817. The van der Waals surface area contributed by atoms with Crippen LogP contribution in [0.2, 0.25) is 0 Å². The van der Waals surface area contributed by atoms with Gasteiger partial charge in [0.05, 0.1) is 0 Å². The third-order valence-electron chi connectivity index (χ3n) is 7.44. The predicted molar refractivity (Wildman–Crippen MR) is 144 cm³/mol. The van der Waals surface area contributed by atoms with E-state index in [9.17, 15) is 4.79 Å². The van der Waals surface area contributed by atoms with Gasteiger partial charge < -0.3 is 16.0 Å². The van der Waals surface area contributed by atoms with E-state index in [2.05, 4.69) is 72.6 Å². The van der Waals surface area contributed by atoms with Gasteiger partial charge in [0, 0.05) is 19.1 Å². The van der Waals surface area contributed by atoms with E-state index in [1.165, 1.54) is 11.1 Å². The minimum Gasteiger partial charge on any atom is -0.369 e. The maximum absolute atomic E-state index is 13.2. The lowest BCUT2D eigenvalue weighted by atomic mass is 9.64. The molecule has 35 heavy (non-hydrogen) atoms. The number of nitrogens with one attached hydrogen (secondary N) is 1. The molecule has 0 aliphatic carbocycles. The molecular formula is C31H39N3O. The highest BCUT2D eigenvalue weighted by molar-refractivity contribution is 5.91. The highest BCUT2D eigenvalue weighted by atomic mass is 16.1. The molecule has 184 valence electrons. The fourth-order valence-corrected chi connectivity index (χ4v) is 5.58. The summed E-state index contributed by atoms with van der Waals surface area (Å²) in [5.74, 6) is -0.120. The van der Waals surface area contributed by atoms with Gasteiger partial charge in [-0.2, -0.15) is 0 Å². The Labute approximate surface area is 210 Å². The molecule has 0 bridgehead atoms. The van der Waals surface area contributed by atoms with E-state index in [0.717, 1.165) is 56.6 Å². The van der Waals surface area contributed by atoms with Crippen LogP contribution in [0.4, 0.5) is 0 Å². The highest BCUT2D eigenvalue weighted by Gasteiger charge is 2.49. The minimum absolute atomic E-state index is 0.139. The van der Waals surface area contributed by atoms with Crippen LogP contribution in [0.3, 0.4) is 0 Å². The molecule has 0 aromatic heterocycles. The molecule has 1 amide bonds. The molecular weight excluding hydrogens is 430 g/mol. The van der Waals surface area contributed by atoms with Crippen molar-refractivity contribution in [2.75, 3.05) is 26.2 Å². The van der Waals surface area contributed by atoms with E-state index in [0.29, 0.717) is 6.04 Å². The highest BCUT2D eigenvalue weighted by Crippen LogP contribution is 2.43. The van der Waals surface area contributed by atoms with Crippen LogP contribution in [0.1, 0.15) is 42.5 Å². The number of amides is 1. The third-order valence-corrected chi connectivity index (χ3v) is 7.44. The first kappa shape index (κ1) is 25.2. The lowest BCUT2D eigenvalue weighted by molar-refractivity contribution is -0.123. The van der Waals surface area contributed by atoms with Gasteiger partial charge in [0.25, 0.3) is 0 Å². The van der Waals surface area contributed by atoms with Gasteiger partial charge in [0.1, 0.15) is 5.41 Å². The van der Waals surface area contributed by atoms with Crippen LogP contribution in [-0.4, -0.2) is 43.0 Å². The van der Waals surface area contributed by atoms with Crippen molar-refractivity contribution in [2.24, 2.45) is 11.7 Å². The normalized spacial score (nSPS) is 16.6. The fourth-order valence-electron chi connectivity index (χ4n) is 5.58. The van der Waals surface area contributed by atoms with Crippen LogP contribution in [0.5, 0.6) is 0 Å². The average molecular weight is 470 g/mol. The second kappa shape index (κ2) is 11.7. The molecule has 4 nitrogen and oxygen atoms in total. The molecule has 3 aromatic carbocycles. The Bertz CT molecular complexity index is 1020. The molecule has 3 N–H and O–H groups in total. The maximum atomic E-state index is 13.2. The molecule has 1 heterocycles. The molecule has 1 saturated heterocycles. The van der Waals surface area contributed by atoms with Crippen molar-refractivity contribution in [3.8, 4) is 0 Å². The van der Waals surface area contributed by atoms with E-state index < -0.39 is 5.41 Å². The van der Waals surface area contributed by atoms with Crippen molar-refractivity contribution in [1.29, 1.82) is 0 Å². The average Bonchev–Trinajstić information content (AvgIpc) is 3.34. The Kier molecular flexibility index (Phi) is 8.37. The quantitative estimate of drug-likeness (QED) is 0.433.